The molecule has 0 atom stereocenters. The highest BCUT2D eigenvalue weighted by molar-refractivity contribution is 6.33. The first-order valence-corrected chi connectivity index (χ1v) is 9.73. The molecular formula is C21H25ClN6. The average molecular weight is 397 g/mol. The molecule has 1 heterocycles. The van der Waals surface area contributed by atoms with Gasteiger partial charge in [-0.1, -0.05) is 17.7 Å². The van der Waals surface area contributed by atoms with Crippen LogP contribution in [0.1, 0.15) is 25.0 Å². The van der Waals surface area contributed by atoms with Crippen molar-refractivity contribution < 1.29 is 0 Å². The quantitative estimate of drug-likeness (QED) is 0.551. The number of nitrogens with zero attached hydrogens (tertiary/aromatic N) is 4. The summed E-state index contributed by atoms with van der Waals surface area (Å²) in [6, 6.07) is 12.2. The Bertz CT molecular complexity index is 915. The minimum atomic E-state index is 0.418. The molecule has 0 saturated carbocycles. The lowest BCUT2D eigenvalue weighted by Crippen LogP contribution is -2.21. The monoisotopic (exact) mass is 396 g/mol. The van der Waals surface area contributed by atoms with Crippen LogP contribution in [0.25, 0.3) is 0 Å². The van der Waals surface area contributed by atoms with Gasteiger partial charge in [0.25, 0.3) is 0 Å². The summed E-state index contributed by atoms with van der Waals surface area (Å²) in [5.74, 6) is 0.993. The number of hydrogen-bond donors (Lipinski definition) is 2. The molecule has 0 saturated heterocycles. The Morgan fingerprint density at radius 1 is 1.00 bits per heavy atom. The van der Waals surface area contributed by atoms with E-state index in [4.69, 9.17) is 11.6 Å². The van der Waals surface area contributed by atoms with Crippen molar-refractivity contribution in [1.29, 1.82) is 0 Å². The number of nitrogens with one attached hydrogen (secondary N) is 2. The average Bonchev–Trinajstić information content (AvgIpc) is 2.67. The van der Waals surface area contributed by atoms with Crippen LogP contribution in [0.15, 0.2) is 42.6 Å². The normalized spacial score (nSPS) is 10.6. The van der Waals surface area contributed by atoms with Crippen LogP contribution in [0.4, 0.5) is 28.8 Å². The fraction of sp³-hybridized carbons (Fsp3) is 0.286. The van der Waals surface area contributed by atoms with E-state index in [0.717, 1.165) is 35.6 Å². The third-order valence-electron chi connectivity index (χ3n) is 4.50. The lowest BCUT2D eigenvalue weighted by molar-refractivity contribution is 0.866. The lowest BCUT2D eigenvalue weighted by Gasteiger charge is -2.21. The van der Waals surface area contributed by atoms with Gasteiger partial charge in [-0.2, -0.15) is 10.1 Å². The van der Waals surface area contributed by atoms with Gasteiger partial charge < -0.3 is 15.5 Å². The zero-order valence-corrected chi connectivity index (χ0v) is 17.4. The number of anilines is 5. The van der Waals surface area contributed by atoms with E-state index < -0.39 is 0 Å². The van der Waals surface area contributed by atoms with Gasteiger partial charge in [0.1, 0.15) is 0 Å². The summed E-state index contributed by atoms with van der Waals surface area (Å²) >= 11 is 6.37. The molecule has 0 unspecified atom stereocenters. The maximum Gasteiger partial charge on any atom is 0.249 e. The fourth-order valence-electron chi connectivity index (χ4n) is 3.09. The van der Waals surface area contributed by atoms with Crippen LogP contribution >= 0.6 is 11.6 Å². The molecule has 28 heavy (non-hydrogen) atoms. The molecule has 7 heteroatoms. The number of aryl methyl sites for hydroxylation is 2. The van der Waals surface area contributed by atoms with Crippen LogP contribution < -0.4 is 15.5 Å². The second kappa shape index (κ2) is 8.89. The van der Waals surface area contributed by atoms with Crippen LogP contribution in [-0.2, 0) is 0 Å². The number of halogens is 1. The van der Waals surface area contributed by atoms with Gasteiger partial charge in [0.05, 0.1) is 16.9 Å². The number of benzene rings is 2. The van der Waals surface area contributed by atoms with E-state index in [-0.39, 0.29) is 0 Å². The van der Waals surface area contributed by atoms with Gasteiger partial charge in [0.2, 0.25) is 5.95 Å². The highest BCUT2D eigenvalue weighted by Gasteiger charge is 2.08. The molecule has 0 amide bonds. The van der Waals surface area contributed by atoms with Crippen molar-refractivity contribution in [3.05, 3.63) is 58.7 Å². The van der Waals surface area contributed by atoms with E-state index in [1.807, 2.05) is 32.0 Å². The minimum absolute atomic E-state index is 0.418. The smallest absolute Gasteiger partial charge is 0.249 e. The molecule has 0 fully saturated rings. The summed E-state index contributed by atoms with van der Waals surface area (Å²) in [5, 5.41) is 15.2. The molecule has 0 bridgehead atoms. The van der Waals surface area contributed by atoms with Crippen molar-refractivity contribution in [2.24, 2.45) is 0 Å². The Morgan fingerprint density at radius 3 is 2.36 bits per heavy atom. The fourth-order valence-corrected chi connectivity index (χ4v) is 3.46. The summed E-state index contributed by atoms with van der Waals surface area (Å²) in [4.78, 5) is 6.78. The SMILES string of the molecule is CCN(CC)c1ccc(Nc2nncc(Nc3c(C)cc(C)cc3Cl)n2)cc1. The molecule has 3 aromatic rings. The van der Waals surface area contributed by atoms with Crippen molar-refractivity contribution in [2.45, 2.75) is 27.7 Å². The first-order valence-electron chi connectivity index (χ1n) is 9.35. The summed E-state index contributed by atoms with van der Waals surface area (Å²) in [6.07, 6.45) is 1.57. The van der Waals surface area contributed by atoms with Crippen LogP contribution in [-0.4, -0.2) is 28.3 Å². The van der Waals surface area contributed by atoms with E-state index in [0.29, 0.717) is 16.8 Å². The lowest BCUT2D eigenvalue weighted by atomic mass is 10.1. The van der Waals surface area contributed by atoms with Gasteiger partial charge in [-0.05, 0) is 69.2 Å². The Labute approximate surface area is 171 Å². The molecule has 0 radical (unpaired) electrons. The first kappa shape index (κ1) is 19.9. The molecule has 0 aliphatic heterocycles. The number of aromatic nitrogens is 3. The molecule has 2 aromatic carbocycles. The summed E-state index contributed by atoms with van der Waals surface area (Å²) < 4.78 is 0. The zero-order valence-electron chi connectivity index (χ0n) is 16.6. The second-order valence-corrected chi connectivity index (χ2v) is 6.98. The Morgan fingerprint density at radius 2 is 1.71 bits per heavy atom. The molecule has 0 aliphatic rings. The molecule has 6 nitrogen and oxygen atoms in total. The van der Waals surface area contributed by atoms with E-state index in [9.17, 15) is 0 Å². The molecule has 2 N–H and O–H groups in total. The Kier molecular flexibility index (Phi) is 6.31. The molecular weight excluding hydrogens is 372 g/mol. The van der Waals surface area contributed by atoms with Crippen molar-refractivity contribution in [1.82, 2.24) is 15.2 Å². The number of hydrogen-bond acceptors (Lipinski definition) is 6. The van der Waals surface area contributed by atoms with Gasteiger partial charge >= 0.3 is 0 Å². The molecule has 0 aliphatic carbocycles. The third-order valence-corrected chi connectivity index (χ3v) is 4.79. The molecule has 146 valence electrons. The maximum absolute atomic E-state index is 6.37. The summed E-state index contributed by atoms with van der Waals surface area (Å²) in [6.45, 7) is 10.3. The summed E-state index contributed by atoms with van der Waals surface area (Å²) in [5.41, 5.74) is 5.07. The van der Waals surface area contributed by atoms with E-state index in [1.54, 1.807) is 6.20 Å². The van der Waals surface area contributed by atoms with Crippen LogP contribution in [0.5, 0.6) is 0 Å². The van der Waals surface area contributed by atoms with Gasteiger partial charge in [0, 0.05) is 24.5 Å². The number of rotatable bonds is 7. The molecule has 1 aromatic heterocycles. The van der Waals surface area contributed by atoms with Crippen molar-refractivity contribution in [2.75, 3.05) is 28.6 Å². The van der Waals surface area contributed by atoms with Crippen LogP contribution in [0.3, 0.4) is 0 Å². The maximum atomic E-state index is 6.37. The zero-order chi connectivity index (χ0) is 20.1. The van der Waals surface area contributed by atoms with Gasteiger partial charge in [-0.3, -0.25) is 0 Å². The second-order valence-electron chi connectivity index (χ2n) is 6.57. The topological polar surface area (TPSA) is 66.0 Å². The Balaban J connectivity index is 1.75. The van der Waals surface area contributed by atoms with Gasteiger partial charge in [-0.25, -0.2) is 0 Å². The predicted octanol–water partition coefficient (Wildman–Crippen LogP) is 5.48. The highest BCUT2D eigenvalue weighted by Crippen LogP contribution is 2.29. The largest absolute Gasteiger partial charge is 0.372 e. The highest BCUT2D eigenvalue weighted by atomic mass is 35.5. The van der Waals surface area contributed by atoms with Crippen LogP contribution in [0, 0.1) is 13.8 Å². The van der Waals surface area contributed by atoms with Crippen molar-refractivity contribution >= 4 is 40.4 Å². The molecule has 3 rings (SSSR count). The summed E-state index contributed by atoms with van der Waals surface area (Å²) in [7, 11) is 0. The van der Waals surface area contributed by atoms with Gasteiger partial charge in [0.15, 0.2) is 5.82 Å². The van der Waals surface area contributed by atoms with Crippen LogP contribution in [0.2, 0.25) is 5.02 Å². The van der Waals surface area contributed by atoms with Gasteiger partial charge in [-0.15, -0.1) is 5.10 Å². The minimum Gasteiger partial charge on any atom is -0.372 e. The van der Waals surface area contributed by atoms with E-state index in [2.05, 4.69) is 62.8 Å². The van der Waals surface area contributed by atoms with E-state index in [1.165, 1.54) is 5.69 Å². The standard InChI is InChI=1S/C21H25ClN6/c1-5-28(6-2)17-9-7-16(8-10-17)24-21-26-19(13-23-27-21)25-20-15(4)11-14(3)12-18(20)22/h7-13H,5-6H2,1-4H3,(H2,24,25,26,27). The Hall–Kier alpha value is -2.86. The first-order chi connectivity index (χ1) is 13.5. The molecule has 0 spiro atoms. The van der Waals surface area contributed by atoms with Crippen molar-refractivity contribution in [3.8, 4) is 0 Å². The van der Waals surface area contributed by atoms with E-state index >= 15 is 0 Å². The third kappa shape index (κ3) is 4.70. The predicted molar refractivity (Wildman–Crippen MR) is 117 cm³/mol. The van der Waals surface area contributed by atoms with Crippen molar-refractivity contribution in [3.63, 3.8) is 0 Å².